The minimum absolute atomic E-state index is 0.228. The summed E-state index contributed by atoms with van der Waals surface area (Å²) >= 11 is 1.79. The Morgan fingerprint density at radius 2 is 2.12 bits per heavy atom. The van der Waals surface area contributed by atoms with Gasteiger partial charge in [0.15, 0.2) is 0 Å². The fraction of sp³-hybridized carbons (Fsp3) is 0.308. The van der Waals surface area contributed by atoms with Gasteiger partial charge in [0.1, 0.15) is 5.82 Å². The highest BCUT2D eigenvalue weighted by Crippen LogP contribution is 2.27. The molecule has 90 valence electrons. The maximum Gasteiger partial charge on any atom is 0.149 e. The molecule has 0 aliphatic heterocycles. The molecule has 0 amide bonds. The molecule has 17 heavy (non-hydrogen) atoms. The Morgan fingerprint density at radius 1 is 1.35 bits per heavy atom. The van der Waals surface area contributed by atoms with Crippen molar-refractivity contribution in [3.05, 3.63) is 39.7 Å². The van der Waals surface area contributed by atoms with Crippen LogP contribution in [0.3, 0.4) is 0 Å². The summed E-state index contributed by atoms with van der Waals surface area (Å²) < 4.78 is 0. The van der Waals surface area contributed by atoms with E-state index in [1.807, 2.05) is 19.2 Å². The first-order chi connectivity index (χ1) is 8.06. The van der Waals surface area contributed by atoms with Crippen LogP contribution in [0.15, 0.2) is 24.4 Å². The van der Waals surface area contributed by atoms with E-state index in [0.29, 0.717) is 5.69 Å². The van der Waals surface area contributed by atoms with Crippen LogP contribution in [-0.2, 0) is 0 Å². The van der Waals surface area contributed by atoms with E-state index in [4.69, 9.17) is 5.73 Å². The van der Waals surface area contributed by atoms with Crippen LogP contribution in [0.5, 0.6) is 0 Å². The molecule has 2 aromatic rings. The second-order valence-electron chi connectivity index (χ2n) is 4.26. The van der Waals surface area contributed by atoms with Crippen molar-refractivity contribution >= 4 is 22.8 Å². The summed E-state index contributed by atoms with van der Waals surface area (Å²) in [5.74, 6) is 0.758. The number of hydrogen-bond acceptors (Lipinski definition) is 4. The zero-order valence-corrected chi connectivity index (χ0v) is 11.1. The molecule has 0 aromatic carbocycles. The Labute approximate surface area is 106 Å². The van der Waals surface area contributed by atoms with Crippen molar-refractivity contribution in [2.45, 2.75) is 26.8 Å². The Morgan fingerprint density at radius 3 is 2.71 bits per heavy atom. The molecule has 3 N–H and O–H groups in total. The van der Waals surface area contributed by atoms with Gasteiger partial charge in [-0.25, -0.2) is 4.98 Å². The normalized spacial score (nSPS) is 12.4. The number of aromatic nitrogens is 1. The van der Waals surface area contributed by atoms with Crippen LogP contribution in [0.2, 0.25) is 0 Å². The van der Waals surface area contributed by atoms with E-state index >= 15 is 0 Å². The maximum absolute atomic E-state index is 5.93. The van der Waals surface area contributed by atoms with E-state index in [0.717, 1.165) is 11.4 Å². The van der Waals surface area contributed by atoms with Crippen molar-refractivity contribution in [2.75, 3.05) is 11.1 Å². The third-order valence-electron chi connectivity index (χ3n) is 2.60. The average molecular weight is 247 g/mol. The Hall–Kier alpha value is -1.55. The van der Waals surface area contributed by atoms with Crippen LogP contribution in [0.4, 0.5) is 11.5 Å². The van der Waals surface area contributed by atoms with Gasteiger partial charge in [0.05, 0.1) is 11.7 Å². The van der Waals surface area contributed by atoms with Gasteiger partial charge in [0.25, 0.3) is 0 Å². The zero-order chi connectivity index (χ0) is 12.4. The minimum Gasteiger partial charge on any atom is -0.396 e. The number of nitrogens with one attached hydrogen (secondary N) is 1. The lowest BCUT2D eigenvalue weighted by Crippen LogP contribution is -2.08. The molecule has 1 unspecified atom stereocenters. The second kappa shape index (κ2) is 4.75. The van der Waals surface area contributed by atoms with Crippen LogP contribution in [0, 0.1) is 13.8 Å². The van der Waals surface area contributed by atoms with Gasteiger partial charge in [-0.2, -0.15) is 0 Å². The molecule has 0 bridgehead atoms. The molecular weight excluding hydrogens is 230 g/mol. The number of anilines is 2. The van der Waals surface area contributed by atoms with E-state index in [2.05, 4.69) is 36.3 Å². The smallest absolute Gasteiger partial charge is 0.149 e. The number of nitrogens with zero attached hydrogens (tertiary/aromatic N) is 1. The van der Waals surface area contributed by atoms with E-state index in [1.54, 1.807) is 11.3 Å². The monoisotopic (exact) mass is 247 g/mol. The molecule has 0 aliphatic rings. The third kappa shape index (κ3) is 2.77. The minimum atomic E-state index is 0.228. The first-order valence-electron chi connectivity index (χ1n) is 5.61. The topological polar surface area (TPSA) is 50.9 Å². The van der Waals surface area contributed by atoms with Crippen molar-refractivity contribution in [3.8, 4) is 0 Å². The van der Waals surface area contributed by atoms with Crippen LogP contribution >= 0.6 is 11.3 Å². The highest BCUT2D eigenvalue weighted by Gasteiger charge is 2.09. The van der Waals surface area contributed by atoms with Crippen molar-refractivity contribution in [2.24, 2.45) is 0 Å². The van der Waals surface area contributed by atoms with Crippen LogP contribution in [0.25, 0.3) is 0 Å². The largest absolute Gasteiger partial charge is 0.396 e. The average Bonchev–Trinajstić information content (AvgIpc) is 2.69. The highest BCUT2D eigenvalue weighted by atomic mass is 32.1. The van der Waals surface area contributed by atoms with Crippen molar-refractivity contribution in [1.29, 1.82) is 0 Å². The quantitative estimate of drug-likeness (QED) is 0.872. The van der Waals surface area contributed by atoms with Gasteiger partial charge >= 0.3 is 0 Å². The van der Waals surface area contributed by atoms with Gasteiger partial charge in [0, 0.05) is 16.0 Å². The fourth-order valence-electron chi connectivity index (χ4n) is 1.67. The summed E-state index contributed by atoms with van der Waals surface area (Å²) in [4.78, 5) is 6.93. The van der Waals surface area contributed by atoms with E-state index in [-0.39, 0.29) is 6.04 Å². The summed E-state index contributed by atoms with van der Waals surface area (Å²) in [5, 5.41) is 3.34. The SMILES string of the molecule is Cc1cnc(NC(C)c2ccc(C)s2)c(N)c1. The lowest BCUT2D eigenvalue weighted by molar-refractivity contribution is 0.897. The number of nitrogens with two attached hydrogens (primary N) is 1. The number of nitrogen functional groups attached to an aromatic ring is 1. The summed E-state index contributed by atoms with van der Waals surface area (Å²) in [6, 6.07) is 6.43. The molecule has 0 spiro atoms. The number of hydrogen-bond donors (Lipinski definition) is 2. The van der Waals surface area contributed by atoms with Gasteiger partial charge in [-0.15, -0.1) is 11.3 Å². The van der Waals surface area contributed by atoms with Crippen LogP contribution in [0.1, 0.15) is 28.3 Å². The van der Waals surface area contributed by atoms with Gasteiger partial charge in [-0.1, -0.05) is 0 Å². The Balaban J connectivity index is 2.15. The maximum atomic E-state index is 5.93. The Kier molecular flexibility index (Phi) is 3.33. The van der Waals surface area contributed by atoms with Gasteiger partial charge in [-0.05, 0) is 44.5 Å². The van der Waals surface area contributed by atoms with Crippen LogP contribution < -0.4 is 11.1 Å². The van der Waals surface area contributed by atoms with Crippen molar-refractivity contribution in [3.63, 3.8) is 0 Å². The van der Waals surface area contributed by atoms with E-state index < -0.39 is 0 Å². The lowest BCUT2D eigenvalue weighted by Gasteiger charge is -2.14. The standard InChI is InChI=1S/C13H17N3S/c1-8-6-11(14)13(15-7-8)16-10(3)12-5-4-9(2)17-12/h4-7,10H,14H2,1-3H3,(H,15,16). The molecule has 3 nitrogen and oxygen atoms in total. The number of rotatable bonds is 3. The van der Waals surface area contributed by atoms with Crippen molar-refractivity contribution in [1.82, 2.24) is 4.98 Å². The molecule has 2 aromatic heterocycles. The number of thiophene rings is 1. The number of pyridine rings is 1. The van der Waals surface area contributed by atoms with Crippen LogP contribution in [-0.4, -0.2) is 4.98 Å². The summed E-state index contributed by atoms with van der Waals surface area (Å²) in [7, 11) is 0. The van der Waals surface area contributed by atoms with Crippen molar-refractivity contribution < 1.29 is 0 Å². The zero-order valence-electron chi connectivity index (χ0n) is 10.3. The highest BCUT2D eigenvalue weighted by molar-refractivity contribution is 7.12. The molecule has 1 atom stereocenters. The molecule has 0 aliphatic carbocycles. The number of aryl methyl sites for hydroxylation is 2. The molecule has 2 rings (SSSR count). The summed E-state index contributed by atoms with van der Waals surface area (Å²) in [5.41, 5.74) is 7.71. The van der Waals surface area contributed by atoms with Gasteiger partial charge < -0.3 is 11.1 Å². The first kappa shape index (κ1) is 11.9. The molecule has 0 saturated carbocycles. The molecule has 4 heteroatoms. The fourth-order valence-corrected chi connectivity index (χ4v) is 2.55. The molecule has 0 radical (unpaired) electrons. The molecule has 2 heterocycles. The molecular formula is C13H17N3S. The van der Waals surface area contributed by atoms with E-state index in [9.17, 15) is 0 Å². The molecule has 0 fully saturated rings. The van der Waals surface area contributed by atoms with Gasteiger partial charge in [-0.3, -0.25) is 0 Å². The lowest BCUT2D eigenvalue weighted by atomic mass is 10.2. The first-order valence-corrected chi connectivity index (χ1v) is 6.43. The van der Waals surface area contributed by atoms with Gasteiger partial charge in [0.2, 0.25) is 0 Å². The predicted octanol–water partition coefficient (Wildman–Crippen LogP) is 3.52. The van der Waals surface area contributed by atoms with E-state index in [1.165, 1.54) is 9.75 Å². The predicted molar refractivity (Wildman–Crippen MR) is 74.5 cm³/mol. The third-order valence-corrected chi connectivity index (χ3v) is 3.78. The second-order valence-corrected chi connectivity index (χ2v) is 5.58. The summed E-state index contributed by atoms with van der Waals surface area (Å²) in [6.07, 6.45) is 1.82. The Bertz CT molecular complexity index is 519. The summed E-state index contributed by atoms with van der Waals surface area (Å²) in [6.45, 7) is 6.21. The molecule has 0 saturated heterocycles.